The largest absolute Gasteiger partial charge is 0.549 e. The molecule has 1 aromatic heterocycles. The number of carboxylic acids is 1. The summed E-state index contributed by atoms with van der Waals surface area (Å²) in [7, 11) is 0. The monoisotopic (exact) mass is 255 g/mol. The van der Waals surface area contributed by atoms with Crippen molar-refractivity contribution < 1.29 is 9.90 Å². The van der Waals surface area contributed by atoms with Gasteiger partial charge in [-0.25, -0.2) is 4.98 Å². The molecule has 1 heterocycles. The van der Waals surface area contributed by atoms with Crippen molar-refractivity contribution in [1.29, 1.82) is 0 Å². The van der Waals surface area contributed by atoms with E-state index in [4.69, 9.17) is 0 Å². The van der Waals surface area contributed by atoms with E-state index in [-0.39, 0.29) is 29.6 Å². The number of hydrogen-bond acceptors (Lipinski definition) is 4. The first-order chi connectivity index (χ1) is 7.66. The second-order valence-corrected chi connectivity index (χ2v) is 4.78. The van der Waals surface area contributed by atoms with E-state index in [0.717, 1.165) is 10.9 Å². The first-order valence-electron chi connectivity index (χ1n) is 4.90. The third kappa shape index (κ3) is 3.71. The molecule has 5 heteroatoms. The van der Waals surface area contributed by atoms with E-state index < -0.39 is 11.2 Å². The number of carboxylic acid groups (broad SMARTS) is 1. The van der Waals surface area contributed by atoms with E-state index in [1.54, 1.807) is 6.92 Å². The topological polar surface area (TPSA) is 53.0 Å². The minimum atomic E-state index is -1.07. The van der Waals surface area contributed by atoms with Gasteiger partial charge < -0.3 is 9.90 Å². The maximum Gasteiger partial charge on any atom is 0.0973 e. The van der Waals surface area contributed by atoms with Crippen LogP contribution in [0.25, 0.3) is 10.9 Å². The van der Waals surface area contributed by atoms with Crippen LogP contribution in [0.3, 0.4) is 0 Å². The van der Waals surface area contributed by atoms with Crippen LogP contribution in [0.1, 0.15) is 6.92 Å². The Hall–Kier alpha value is -0.550. The van der Waals surface area contributed by atoms with Gasteiger partial charge in [0.2, 0.25) is 0 Å². The van der Waals surface area contributed by atoms with Gasteiger partial charge in [0.25, 0.3) is 0 Å². The van der Waals surface area contributed by atoms with Gasteiger partial charge in [-0.3, -0.25) is 0 Å². The number of aliphatic carboxylic acids is 1. The average molecular weight is 255 g/mol. The molecular formula is C12H10NNaO2S-. The molecule has 0 aliphatic rings. The van der Waals surface area contributed by atoms with Gasteiger partial charge in [-0.05, 0) is 19.1 Å². The Bertz CT molecular complexity index is 533. The van der Waals surface area contributed by atoms with Gasteiger partial charge in [0.05, 0.1) is 16.5 Å². The summed E-state index contributed by atoms with van der Waals surface area (Å²) in [5.74, 6) is -1.07. The summed E-state index contributed by atoms with van der Waals surface area (Å²) >= 11 is 1.19. The van der Waals surface area contributed by atoms with Crippen LogP contribution in [0.15, 0.2) is 41.4 Å². The number of para-hydroxylation sites is 1. The number of benzene rings is 1. The number of fused-ring (bicyclic) bond motifs is 1. The van der Waals surface area contributed by atoms with E-state index in [2.05, 4.69) is 4.98 Å². The summed E-state index contributed by atoms with van der Waals surface area (Å²) in [5, 5.41) is 11.8. The minimum Gasteiger partial charge on any atom is -0.549 e. The summed E-state index contributed by atoms with van der Waals surface area (Å²) in [5.41, 5.74) is 0.873. The van der Waals surface area contributed by atoms with E-state index >= 15 is 0 Å². The fraction of sp³-hybridized carbons (Fsp3) is 0.167. The van der Waals surface area contributed by atoms with E-state index in [0.29, 0.717) is 5.03 Å². The number of hydrogen-bond donors (Lipinski definition) is 0. The Labute approximate surface area is 126 Å². The summed E-state index contributed by atoms with van der Waals surface area (Å²) in [6.45, 7) is 1.59. The molecule has 1 radical (unpaired) electrons. The molecule has 0 aliphatic carbocycles. The quantitative estimate of drug-likeness (QED) is 0.608. The second-order valence-electron chi connectivity index (χ2n) is 3.42. The van der Waals surface area contributed by atoms with Gasteiger partial charge in [0.1, 0.15) is 0 Å². The van der Waals surface area contributed by atoms with E-state index in [1.165, 1.54) is 11.8 Å². The van der Waals surface area contributed by atoms with Crippen LogP contribution in [0.4, 0.5) is 0 Å². The Balaban J connectivity index is 0.00000144. The summed E-state index contributed by atoms with van der Waals surface area (Å²) in [4.78, 5) is 15.0. The maximum atomic E-state index is 10.6. The Morgan fingerprint density at radius 1 is 1.29 bits per heavy atom. The van der Waals surface area contributed by atoms with Gasteiger partial charge in [-0.2, -0.15) is 0 Å². The Morgan fingerprint density at radius 3 is 2.71 bits per heavy atom. The molecule has 1 unspecified atom stereocenters. The first-order valence-corrected chi connectivity index (χ1v) is 5.78. The molecule has 3 nitrogen and oxygen atoms in total. The van der Waals surface area contributed by atoms with Gasteiger partial charge in [0, 0.05) is 40.2 Å². The zero-order chi connectivity index (χ0) is 11.5. The predicted molar refractivity (Wildman–Crippen MR) is 67.8 cm³/mol. The van der Waals surface area contributed by atoms with Crippen molar-refractivity contribution in [2.24, 2.45) is 0 Å². The molecule has 2 rings (SSSR count). The van der Waals surface area contributed by atoms with Crippen molar-refractivity contribution in [3.05, 3.63) is 36.4 Å². The fourth-order valence-electron chi connectivity index (χ4n) is 1.34. The van der Waals surface area contributed by atoms with Crippen LogP contribution >= 0.6 is 11.8 Å². The SMILES string of the molecule is CC(Sc1ccc2ccccc2n1)C(=O)[O-].[Na]. The van der Waals surface area contributed by atoms with E-state index in [1.807, 2.05) is 36.4 Å². The second kappa shape index (κ2) is 6.40. The number of rotatable bonds is 3. The molecule has 83 valence electrons. The summed E-state index contributed by atoms with van der Waals surface area (Å²) in [6, 6.07) is 11.5. The molecule has 0 N–H and O–H groups in total. The molecule has 1 aromatic carbocycles. The van der Waals surface area contributed by atoms with Crippen LogP contribution < -0.4 is 5.11 Å². The number of carbonyl (C=O) groups is 1. The molecule has 0 aliphatic heterocycles. The molecule has 2 aromatic rings. The van der Waals surface area contributed by atoms with Crippen molar-refractivity contribution in [2.75, 3.05) is 0 Å². The smallest absolute Gasteiger partial charge is 0.0973 e. The zero-order valence-corrected chi connectivity index (χ0v) is 12.5. The molecule has 0 amide bonds. The third-order valence-electron chi connectivity index (χ3n) is 2.20. The van der Waals surface area contributed by atoms with Crippen LogP contribution in [-0.4, -0.2) is 45.8 Å². The molecule has 1 atom stereocenters. The van der Waals surface area contributed by atoms with Crippen molar-refractivity contribution in [3.63, 3.8) is 0 Å². The number of pyridine rings is 1. The summed E-state index contributed by atoms with van der Waals surface area (Å²) in [6.07, 6.45) is 0. The molecular weight excluding hydrogens is 245 g/mol. The average Bonchev–Trinajstić information content (AvgIpc) is 2.28. The minimum absolute atomic E-state index is 0. The molecule has 0 saturated heterocycles. The fourth-order valence-corrected chi connectivity index (χ4v) is 2.10. The van der Waals surface area contributed by atoms with Gasteiger partial charge in [0.15, 0.2) is 0 Å². The Kier molecular flexibility index (Phi) is 5.46. The molecule has 0 fully saturated rings. The maximum absolute atomic E-state index is 10.6. The molecule has 0 saturated carbocycles. The number of carbonyl (C=O) groups excluding carboxylic acids is 1. The third-order valence-corrected chi connectivity index (χ3v) is 3.22. The van der Waals surface area contributed by atoms with Gasteiger partial charge in [-0.15, -0.1) is 0 Å². The number of aromatic nitrogens is 1. The van der Waals surface area contributed by atoms with E-state index in [9.17, 15) is 9.90 Å². The molecule has 17 heavy (non-hydrogen) atoms. The molecule has 0 bridgehead atoms. The van der Waals surface area contributed by atoms with Crippen molar-refractivity contribution in [3.8, 4) is 0 Å². The van der Waals surface area contributed by atoms with Crippen molar-refractivity contribution in [1.82, 2.24) is 4.98 Å². The Morgan fingerprint density at radius 2 is 2.00 bits per heavy atom. The number of thioether (sulfide) groups is 1. The zero-order valence-electron chi connectivity index (χ0n) is 9.71. The van der Waals surface area contributed by atoms with Crippen molar-refractivity contribution >= 4 is 58.2 Å². The summed E-state index contributed by atoms with van der Waals surface area (Å²) < 4.78 is 0. The normalized spacial score (nSPS) is 11.8. The van der Waals surface area contributed by atoms with Crippen LogP contribution in [0.5, 0.6) is 0 Å². The van der Waals surface area contributed by atoms with Crippen LogP contribution in [0.2, 0.25) is 0 Å². The van der Waals surface area contributed by atoms with Gasteiger partial charge >= 0.3 is 0 Å². The predicted octanol–water partition coefficient (Wildman–Crippen LogP) is 1.08. The van der Waals surface area contributed by atoms with Gasteiger partial charge in [-0.1, -0.05) is 36.0 Å². The standard InChI is InChI=1S/C12H11NO2S.Na/c1-8(12(14)15)16-11-7-6-9-4-2-3-5-10(9)13-11;/h2-8H,1H3,(H,14,15);/p-1. The van der Waals surface area contributed by atoms with Crippen LogP contribution in [-0.2, 0) is 4.79 Å². The number of nitrogens with zero attached hydrogens (tertiary/aromatic N) is 1. The molecule has 0 spiro atoms. The van der Waals surface area contributed by atoms with Crippen LogP contribution in [0, 0.1) is 0 Å². The van der Waals surface area contributed by atoms with Crippen molar-refractivity contribution in [2.45, 2.75) is 17.2 Å². The first kappa shape index (κ1) is 14.5.